The second-order valence-electron chi connectivity index (χ2n) is 4.91. The van der Waals surface area contributed by atoms with Crippen LogP contribution in [0.4, 0.5) is 18.0 Å². The number of urea groups is 1. The number of amides is 2. The van der Waals surface area contributed by atoms with Gasteiger partial charge in [0.1, 0.15) is 6.54 Å². The van der Waals surface area contributed by atoms with E-state index in [2.05, 4.69) is 4.90 Å². The number of nitrogens with one attached hydrogen (secondary N) is 1. The zero-order valence-corrected chi connectivity index (χ0v) is 10.2. The predicted molar refractivity (Wildman–Crippen MR) is 60.2 cm³/mol. The lowest BCUT2D eigenvalue weighted by atomic mass is 10.00. The van der Waals surface area contributed by atoms with E-state index in [9.17, 15) is 18.0 Å². The zero-order chi connectivity index (χ0) is 13.2. The number of piperidine rings is 1. The molecule has 2 amide bonds. The van der Waals surface area contributed by atoms with E-state index in [4.69, 9.17) is 0 Å². The first kappa shape index (κ1) is 13.5. The third-order valence-electron chi connectivity index (χ3n) is 3.56. The smallest absolute Gasteiger partial charge is 0.329 e. The molecule has 0 aromatic heterocycles. The van der Waals surface area contributed by atoms with Gasteiger partial charge in [-0.05, 0) is 19.4 Å². The van der Waals surface area contributed by atoms with Crippen LogP contribution in [0.25, 0.3) is 0 Å². The fraction of sp³-hybridized carbons (Fsp3) is 0.909. The Balaban J connectivity index is 1.81. The molecular formula is C11H18F3N3O. The molecule has 1 N–H and O–H groups in total. The number of halogens is 3. The summed E-state index contributed by atoms with van der Waals surface area (Å²) < 4.78 is 36.0. The molecule has 4 nitrogen and oxygen atoms in total. The molecule has 0 radical (unpaired) electrons. The van der Waals surface area contributed by atoms with Crippen LogP contribution in [0.1, 0.15) is 19.3 Å². The molecule has 7 heteroatoms. The van der Waals surface area contributed by atoms with Gasteiger partial charge in [-0.25, -0.2) is 4.79 Å². The number of alkyl halides is 3. The van der Waals surface area contributed by atoms with E-state index in [0.717, 1.165) is 25.9 Å². The van der Waals surface area contributed by atoms with E-state index in [-0.39, 0.29) is 0 Å². The van der Waals surface area contributed by atoms with Crippen molar-refractivity contribution >= 4 is 6.03 Å². The zero-order valence-electron chi connectivity index (χ0n) is 10.2. The highest BCUT2D eigenvalue weighted by Crippen LogP contribution is 2.21. The molecule has 18 heavy (non-hydrogen) atoms. The van der Waals surface area contributed by atoms with Crippen molar-refractivity contribution in [3.8, 4) is 0 Å². The summed E-state index contributed by atoms with van der Waals surface area (Å²) in [5.74, 6) is 0. The Morgan fingerprint density at radius 3 is 2.72 bits per heavy atom. The number of hydrogen-bond donors (Lipinski definition) is 1. The molecule has 0 aromatic rings. The first-order valence-electron chi connectivity index (χ1n) is 6.29. The molecule has 0 saturated carbocycles. The van der Waals surface area contributed by atoms with Crippen LogP contribution in [0.5, 0.6) is 0 Å². The minimum atomic E-state index is -4.34. The quantitative estimate of drug-likeness (QED) is 0.778. The van der Waals surface area contributed by atoms with Crippen LogP contribution in [0, 0.1) is 0 Å². The minimum absolute atomic E-state index is 0.323. The fourth-order valence-electron chi connectivity index (χ4n) is 2.63. The van der Waals surface area contributed by atoms with Crippen LogP contribution in [0.15, 0.2) is 0 Å². The number of carbonyl (C=O) groups is 1. The van der Waals surface area contributed by atoms with Gasteiger partial charge in [0, 0.05) is 25.7 Å². The lowest BCUT2D eigenvalue weighted by Crippen LogP contribution is -2.58. The van der Waals surface area contributed by atoms with Gasteiger partial charge in [0.15, 0.2) is 0 Å². The normalized spacial score (nSPS) is 25.7. The van der Waals surface area contributed by atoms with E-state index >= 15 is 0 Å². The third kappa shape index (κ3) is 3.51. The number of carbonyl (C=O) groups excluding carboxylic acids is 1. The van der Waals surface area contributed by atoms with Crippen LogP contribution in [0.2, 0.25) is 0 Å². The topological polar surface area (TPSA) is 35.6 Å². The van der Waals surface area contributed by atoms with Crippen molar-refractivity contribution < 1.29 is 18.0 Å². The Morgan fingerprint density at radius 2 is 2.00 bits per heavy atom. The molecule has 0 bridgehead atoms. The molecule has 2 fully saturated rings. The standard InChI is InChI=1S/C11H18F3N3O/c12-11(13,14)8-15-10(18)17-6-5-16-4-2-1-3-9(16)7-17/h9H,1-8H2,(H,15,18). The molecule has 2 rings (SSSR count). The summed E-state index contributed by atoms with van der Waals surface area (Å²) in [6, 6.07) is -0.276. The summed E-state index contributed by atoms with van der Waals surface area (Å²) in [5, 5.41) is 1.93. The van der Waals surface area contributed by atoms with Gasteiger partial charge in [-0.3, -0.25) is 4.90 Å². The van der Waals surface area contributed by atoms with Crippen molar-refractivity contribution in [3.05, 3.63) is 0 Å². The molecule has 2 heterocycles. The lowest BCUT2D eigenvalue weighted by molar-refractivity contribution is -0.123. The van der Waals surface area contributed by atoms with Gasteiger partial charge in [-0.15, -0.1) is 0 Å². The summed E-state index contributed by atoms with van der Waals surface area (Å²) in [7, 11) is 0. The molecule has 2 aliphatic heterocycles. The van der Waals surface area contributed by atoms with E-state index in [1.54, 1.807) is 0 Å². The third-order valence-corrected chi connectivity index (χ3v) is 3.56. The molecule has 0 spiro atoms. The van der Waals surface area contributed by atoms with E-state index in [0.29, 0.717) is 19.1 Å². The maximum Gasteiger partial charge on any atom is 0.405 e. The number of piperazine rings is 1. The van der Waals surface area contributed by atoms with Crippen LogP contribution in [-0.2, 0) is 0 Å². The number of nitrogens with zero attached hydrogens (tertiary/aromatic N) is 2. The van der Waals surface area contributed by atoms with Gasteiger partial charge in [0.05, 0.1) is 0 Å². The summed E-state index contributed by atoms with van der Waals surface area (Å²) in [6.07, 6.45) is -0.999. The Labute approximate surface area is 104 Å². The molecular weight excluding hydrogens is 247 g/mol. The van der Waals surface area contributed by atoms with Gasteiger partial charge < -0.3 is 10.2 Å². The Bertz CT molecular complexity index is 308. The second kappa shape index (κ2) is 5.34. The van der Waals surface area contributed by atoms with Crippen LogP contribution >= 0.6 is 0 Å². The summed E-state index contributed by atoms with van der Waals surface area (Å²) in [5.41, 5.74) is 0. The van der Waals surface area contributed by atoms with Crippen molar-refractivity contribution in [2.75, 3.05) is 32.7 Å². The molecule has 0 aliphatic carbocycles. The summed E-state index contributed by atoms with van der Waals surface area (Å²) in [4.78, 5) is 15.4. The monoisotopic (exact) mass is 265 g/mol. The molecule has 104 valence electrons. The van der Waals surface area contributed by atoms with Gasteiger partial charge >= 0.3 is 12.2 Å². The predicted octanol–water partition coefficient (Wildman–Crippen LogP) is 1.43. The van der Waals surface area contributed by atoms with Crippen molar-refractivity contribution in [1.29, 1.82) is 0 Å². The van der Waals surface area contributed by atoms with E-state index < -0.39 is 18.8 Å². The van der Waals surface area contributed by atoms with Gasteiger partial charge in [0.25, 0.3) is 0 Å². The second-order valence-corrected chi connectivity index (χ2v) is 4.91. The highest BCUT2D eigenvalue weighted by atomic mass is 19.4. The summed E-state index contributed by atoms with van der Waals surface area (Å²) in [6.45, 7) is 1.62. The highest BCUT2D eigenvalue weighted by molar-refractivity contribution is 5.74. The van der Waals surface area contributed by atoms with E-state index in [1.807, 2.05) is 5.32 Å². The van der Waals surface area contributed by atoms with E-state index in [1.165, 1.54) is 11.3 Å². The van der Waals surface area contributed by atoms with Crippen molar-refractivity contribution in [2.24, 2.45) is 0 Å². The van der Waals surface area contributed by atoms with Crippen molar-refractivity contribution in [3.63, 3.8) is 0 Å². The minimum Gasteiger partial charge on any atom is -0.329 e. The Kier molecular flexibility index (Phi) is 3.99. The highest BCUT2D eigenvalue weighted by Gasteiger charge is 2.33. The van der Waals surface area contributed by atoms with Crippen molar-refractivity contribution in [1.82, 2.24) is 15.1 Å². The van der Waals surface area contributed by atoms with Gasteiger partial charge in [-0.2, -0.15) is 13.2 Å². The first-order chi connectivity index (χ1) is 8.46. The Morgan fingerprint density at radius 1 is 1.22 bits per heavy atom. The lowest BCUT2D eigenvalue weighted by Gasteiger charge is -2.43. The maximum atomic E-state index is 12.0. The maximum absolute atomic E-state index is 12.0. The van der Waals surface area contributed by atoms with Crippen LogP contribution in [0.3, 0.4) is 0 Å². The van der Waals surface area contributed by atoms with Crippen molar-refractivity contribution in [2.45, 2.75) is 31.5 Å². The molecule has 2 saturated heterocycles. The van der Waals surface area contributed by atoms with Gasteiger partial charge in [-0.1, -0.05) is 6.42 Å². The van der Waals surface area contributed by atoms with Crippen LogP contribution < -0.4 is 5.32 Å². The molecule has 0 aromatic carbocycles. The largest absolute Gasteiger partial charge is 0.405 e. The number of rotatable bonds is 1. The first-order valence-corrected chi connectivity index (χ1v) is 6.29. The molecule has 1 unspecified atom stereocenters. The number of fused-ring (bicyclic) bond motifs is 1. The molecule has 1 atom stereocenters. The average Bonchev–Trinajstić information content (AvgIpc) is 2.34. The summed E-state index contributed by atoms with van der Waals surface area (Å²) >= 11 is 0. The SMILES string of the molecule is O=C(NCC(F)(F)F)N1CCN2CCCCC2C1. The molecule has 2 aliphatic rings. The Hall–Kier alpha value is -0.980. The van der Waals surface area contributed by atoms with Crippen LogP contribution in [-0.4, -0.2) is 60.8 Å². The number of hydrogen-bond acceptors (Lipinski definition) is 2. The average molecular weight is 265 g/mol. The van der Waals surface area contributed by atoms with Gasteiger partial charge in [0.2, 0.25) is 0 Å². The fourth-order valence-corrected chi connectivity index (χ4v) is 2.63.